The van der Waals surface area contributed by atoms with E-state index in [4.69, 9.17) is 9.47 Å². The minimum atomic E-state index is -0.103. The van der Waals surface area contributed by atoms with E-state index in [1.807, 2.05) is 49.4 Å². The lowest BCUT2D eigenvalue weighted by atomic mass is 10.2. The van der Waals surface area contributed by atoms with Gasteiger partial charge in [-0.3, -0.25) is 9.59 Å². The molecule has 1 aliphatic carbocycles. The van der Waals surface area contributed by atoms with Crippen molar-refractivity contribution in [1.82, 2.24) is 4.90 Å². The van der Waals surface area contributed by atoms with Crippen molar-refractivity contribution in [1.29, 1.82) is 0 Å². The Morgan fingerprint density at radius 2 is 1.62 bits per heavy atom. The molecule has 2 aromatic carbocycles. The summed E-state index contributed by atoms with van der Waals surface area (Å²) in [4.78, 5) is 29.0. The summed E-state index contributed by atoms with van der Waals surface area (Å²) < 4.78 is 10.9. The number of carbonyl (C=O) groups excluding carboxylic acids is 2. The van der Waals surface area contributed by atoms with Crippen molar-refractivity contribution in [3.05, 3.63) is 54.6 Å². The minimum absolute atomic E-state index is 0.0165. The molecule has 0 heterocycles. The Hall–Kier alpha value is -3.02. The van der Waals surface area contributed by atoms with Gasteiger partial charge >= 0.3 is 0 Å². The molecule has 29 heavy (non-hydrogen) atoms. The van der Waals surface area contributed by atoms with Crippen LogP contribution in [0.1, 0.15) is 26.2 Å². The van der Waals surface area contributed by atoms with Crippen molar-refractivity contribution in [2.24, 2.45) is 0 Å². The van der Waals surface area contributed by atoms with E-state index in [9.17, 15) is 9.59 Å². The fraction of sp³-hybridized carbons (Fsp3) is 0.391. The van der Waals surface area contributed by atoms with Gasteiger partial charge in [-0.25, -0.2) is 0 Å². The molecular weight excluding hydrogens is 368 g/mol. The highest BCUT2D eigenvalue weighted by molar-refractivity contribution is 5.93. The molecule has 2 aromatic rings. The Labute approximate surface area is 172 Å². The number of hydrogen-bond donors (Lipinski definition) is 0. The zero-order valence-electron chi connectivity index (χ0n) is 17.0. The largest absolute Gasteiger partial charge is 0.493 e. The van der Waals surface area contributed by atoms with Crippen LogP contribution in [0.5, 0.6) is 11.5 Å². The van der Waals surface area contributed by atoms with E-state index in [1.54, 1.807) is 29.0 Å². The Morgan fingerprint density at radius 1 is 0.966 bits per heavy atom. The van der Waals surface area contributed by atoms with Crippen LogP contribution < -0.4 is 14.4 Å². The molecule has 2 amide bonds. The van der Waals surface area contributed by atoms with Crippen molar-refractivity contribution >= 4 is 17.5 Å². The van der Waals surface area contributed by atoms with Gasteiger partial charge in [-0.15, -0.1) is 0 Å². The number of para-hydroxylation sites is 3. The Bertz CT molecular complexity index is 821. The summed E-state index contributed by atoms with van der Waals surface area (Å²) in [6.45, 7) is 2.88. The van der Waals surface area contributed by atoms with Gasteiger partial charge in [0.2, 0.25) is 5.91 Å². The molecule has 0 spiro atoms. The third-order valence-electron chi connectivity index (χ3n) is 4.98. The zero-order chi connectivity index (χ0) is 20.6. The molecular formula is C23H28N2O4. The molecule has 0 saturated heterocycles. The van der Waals surface area contributed by atoms with E-state index in [-0.39, 0.29) is 24.5 Å². The van der Waals surface area contributed by atoms with E-state index < -0.39 is 0 Å². The average Bonchev–Trinajstić information content (AvgIpc) is 3.59. The van der Waals surface area contributed by atoms with Gasteiger partial charge in [0.15, 0.2) is 18.1 Å². The molecule has 6 nitrogen and oxygen atoms in total. The van der Waals surface area contributed by atoms with Crippen molar-refractivity contribution in [3.63, 3.8) is 0 Å². The third kappa shape index (κ3) is 5.50. The molecule has 3 rings (SSSR count). The summed E-state index contributed by atoms with van der Waals surface area (Å²) >= 11 is 0. The van der Waals surface area contributed by atoms with Crippen LogP contribution in [0.3, 0.4) is 0 Å². The fourth-order valence-corrected chi connectivity index (χ4v) is 3.32. The molecule has 0 bridgehead atoms. The van der Waals surface area contributed by atoms with E-state index in [0.29, 0.717) is 31.0 Å². The topological polar surface area (TPSA) is 59.1 Å². The van der Waals surface area contributed by atoms with Gasteiger partial charge in [0, 0.05) is 31.2 Å². The van der Waals surface area contributed by atoms with Crippen molar-refractivity contribution in [2.45, 2.75) is 32.2 Å². The monoisotopic (exact) mass is 396 g/mol. The first kappa shape index (κ1) is 20.7. The van der Waals surface area contributed by atoms with Crippen LogP contribution in [-0.4, -0.2) is 49.6 Å². The number of rotatable bonds is 10. The maximum atomic E-state index is 12.8. The molecule has 1 saturated carbocycles. The van der Waals surface area contributed by atoms with Gasteiger partial charge in [-0.1, -0.05) is 30.3 Å². The molecule has 0 radical (unpaired) electrons. The number of nitrogens with zero attached hydrogens (tertiary/aromatic N) is 2. The summed E-state index contributed by atoms with van der Waals surface area (Å²) in [5, 5.41) is 0. The molecule has 6 heteroatoms. The number of methoxy groups -OCH3 is 1. The van der Waals surface area contributed by atoms with Crippen LogP contribution in [0.2, 0.25) is 0 Å². The van der Waals surface area contributed by atoms with Crippen LogP contribution in [0, 0.1) is 0 Å². The van der Waals surface area contributed by atoms with Crippen molar-refractivity contribution in [2.75, 3.05) is 31.7 Å². The highest BCUT2D eigenvalue weighted by atomic mass is 16.5. The zero-order valence-corrected chi connectivity index (χ0v) is 17.0. The first-order valence-corrected chi connectivity index (χ1v) is 10.0. The van der Waals surface area contributed by atoms with E-state index in [0.717, 1.165) is 18.5 Å². The lowest BCUT2D eigenvalue weighted by molar-refractivity contribution is -0.134. The number of ether oxygens (including phenoxy) is 2. The Morgan fingerprint density at radius 3 is 2.24 bits per heavy atom. The fourth-order valence-electron chi connectivity index (χ4n) is 3.32. The predicted octanol–water partition coefficient (Wildman–Crippen LogP) is 3.51. The summed E-state index contributed by atoms with van der Waals surface area (Å²) in [7, 11) is 1.57. The van der Waals surface area contributed by atoms with Crippen molar-refractivity contribution in [3.8, 4) is 11.5 Å². The summed E-state index contributed by atoms with van der Waals surface area (Å²) in [6.07, 6.45) is 2.25. The average molecular weight is 396 g/mol. The van der Waals surface area contributed by atoms with Crippen LogP contribution in [0.25, 0.3) is 0 Å². The smallest absolute Gasteiger partial charge is 0.260 e. The quantitative estimate of drug-likeness (QED) is 0.617. The summed E-state index contributed by atoms with van der Waals surface area (Å²) in [5.74, 6) is 1.04. The molecule has 0 atom stereocenters. The molecule has 0 aliphatic heterocycles. The van der Waals surface area contributed by atoms with Gasteiger partial charge in [-0.05, 0) is 44.0 Å². The molecule has 154 valence electrons. The predicted molar refractivity (Wildman–Crippen MR) is 112 cm³/mol. The minimum Gasteiger partial charge on any atom is -0.493 e. The number of amides is 2. The Kier molecular flexibility index (Phi) is 7.11. The third-order valence-corrected chi connectivity index (χ3v) is 4.98. The second-order valence-electron chi connectivity index (χ2n) is 6.98. The number of benzene rings is 2. The summed E-state index contributed by atoms with van der Waals surface area (Å²) in [6, 6.07) is 17.1. The van der Waals surface area contributed by atoms with E-state index in [2.05, 4.69) is 0 Å². The van der Waals surface area contributed by atoms with Gasteiger partial charge in [0.1, 0.15) is 0 Å². The summed E-state index contributed by atoms with van der Waals surface area (Å²) in [5.41, 5.74) is 0.879. The number of anilines is 1. The first-order chi connectivity index (χ1) is 14.1. The lowest BCUT2D eigenvalue weighted by Gasteiger charge is -2.25. The molecule has 0 aromatic heterocycles. The van der Waals surface area contributed by atoms with Crippen molar-refractivity contribution < 1.29 is 19.1 Å². The van der Waals surface area contributed by atoms with Crippen LogP contribution in [0.15, 0.2) is 54.6 Å². The second-order valence-corrected chi connectivity index (χ2v) is 6.98. The van der Waals surface area contributed by atoms with Crippen LogP contribution in [-0.2, 0) is 9.59 Å². The van der Waals surface area contributed by atoms with E-state index in [1.165, 1.54) is 0 Å². The Balaban J connectivity index is 1.57. The van der Waals surface area contributed by atoms with Gasteiger partial charge < -0.3 is 19.3 Å². The van der Waals surface area contributed by atoms with Gasteiger partial charge in [0.05, 0.1) is 7.11 Å². The second kappa shape index (κ2) is 9.96. The van der Waals surface area contributed by atoms with Crippen LogP contribution >= 0.6 is 0 Å². The lowest BCUT2D eigenvalue weighted by Crippen LogP contribution is -2.40. The number of hydrogen-bond acceptors (Lipinski definition) is 4. The highest BCUT2D eigenvalue weighted by Gasteiger charge is 2.33. The maximum Gasteiger partial charge on any atom is 0.260 e. The molecule has 1 aliphatic rings. The first-order valence-electron chi connectivity index (χ1n) is 10.0. The van der Waals surface area contributed by atoms with Crippen LogP contribution in [0.4, 0.5) is 5.69 Å². The van der Waals surface area contributed by atoms with E-state index >= 15 is 0 Å². The molecule has 0 unspecified atom stereocenters. The SMILES string of the molecule is CCN(C(=O)CCN(C(=O)COc1ccccc1OC)C1CC1)c1ccccc1. The normalized spacial score (nSPS) is 12.9. The maximum absolute atomic E-state index is 12.8. The molecule has 1 fully saturated rings. The van der Waals surface area contributed by atoms with Gasteiger partial charge in [-0.2, -0.15) is 0 Å². The molecule has 0 N–H and O–H groups in total. The number of carbonyl (C=O) groups is 2. The van der Waals surface area contributed by atoms with Gasteiger partial charge in [0.25, 0.3) is 5.91 Å². The highest BCUT2D eigenvalue weighted by Crippen LogP contribution is 2.29. The standard InChI is InChI=1S/C23H28N2O4/c1-3-24(18-9-5-4-6-10-18)22(26)15-16-25(19-13-14-19)23(27)17-29-21-12-8-7-11-20(21)28-2/h4-12,19H,3,13-17H2,1-2H3.